The third-order valence-electron chi connectivity index (χ3n) is 2.34. The average Bonchev–Trinajstić information content (AvgIpc) is 2.28. The quantitative estimate of drug-likeness (QED) is 0.870. The van der Waals surface area contributed by atoms with Crippen molar-refractivity contribution < 1.29 is 4.39 Å². The van der Waals surface area contributed by atoms with E-state index in [4.69, 9.17) is 0 Å². The van der Waals surface area contributed by atoms with Gasteiger partial charge < -0.3 is 10.6 Å². The fourth-order valence-electron chi connectivity index (χ4n) is 1.66. The van der Waals surface area contributed by atoms with Crippen molar-refractivity contribution in [3.05, 3.63) is 42.0 Å². The van der Waals surface area contributed by atoms with Crippen LogP contribution >= 0.6 is 0 Å². The van der Waals surface area contributed by atoms with Crippen molar-refractivity contribution in [3.63, 3.8) is 0 Å². The molecule has 2 rings (SSSR count). The van der Waals surface area contributed by atoms with Gasteiger partial charge in [0.15, 0.2) is 0 Å². The molecule has 0 radical (unpaired) electrons. The van der Waals surface area contributed by atoms with Crippen molar-refractivity contribution in [1.82, 2.24) is 9.97 Å². The van der Waals surface area contributed by atoms with Gasteiger partial charge in [0.05, 0.1) is 0 Å². The molecular weight excluding hydrogens is 231 g/mol. The Bertz CT molecular complexity index is 522. The SMILES string of the molecule is CCNc1cc(Nc2cc(C)cc(F)c2)ncn1. The highest BCUT2D eigenvalue weighted by molar-refractivity contribution is 5.59. The topological polar surface area (TPSA) is 49.8 Å². The Balaban J connectivity index is 2.20. The molecule has 0 aliphatic rings. The summed E-state index contributed by atoms with van der Waals surface area (Å²) < 4.78 is 13.2. The third kappa shape index (κ3) is 3.16. The molecule has 18 heavy (non-hydrogen) atoms. The number of benzene rings is 1. The lowest BCUT2D eigenvalue weighted by Gasteiger charge is -2.08. The van der Waals surface area contributed by atoms with Crippen molar-refractivity contribution in [2.45, 2.75) is 13.8 Å². The van der Waals surface area contributed by atoms with Gasteiger partial charge in [0.2, 0.25) is 0 Å². The number of aromatic nitrogens is 2. The normalized spacial score (nSPS) is 10.2. The molecule has 1 aromatic carbocycles. The molecule has 1 heterocycles. The van der Waals surface area contributed by atoms with Gasteiger partial charge in [0.25, 0.3) is 0 Å². The summed E-state index contributed by atoms with van der Waals surface area (Å²) in [5.41, 5.74) is 1.53. The van der Waals surface area contributed by atoms with E-state index in [1.165, 1.54) is 18.5 Å². The fraction of sp³-hybridized carbons (Fsp3) is 0.231. The summed E-state index contributed by atoms with van der Waals surface area (Å²) in [7, 11) is 0. The highest BCUT2D eigenvalue weighted by Crippen LogP contribution is 2.18. The van der Waals surface area contributed by atoms with E-state index < -0.39 is 0 Å². The van der Waals surface area contributed by atoms with Crippen LogP contribution in [0.4, 0.5) is 21.7 Å². The number of anilines is 3. The summed E-state index contributed by atoms with van der Waals surface area (Å²) in [4.78, 5) is 8.16. The molecule has 0 spiro atoms. The molecule has 0 unspecified atom stereocenters. The monoisotopic (exact) mass is 246 g/mol. The van der Waals surface area contributed by atoms with Gasteiger partial charge in [0, 0.05) is 18.3 Å². The molecule has 0 saturated carbocycles. The molecule has 0 fully saturated rings. The first kappa shape index (κ1) is 12.3. The Kier molecular flexibility index (Phi) is 3.72. The minimum atomic E-state index is -0.265. The number of hydrogen-bond donors (Lipinski definition) is 2. The van der Waals surface area contributed by atoms with Gasteiger partial charge in [-0.2, -0.15) is 0 Å². The first-order chi connectivity index (χ1) is 8.67. The van der Waals surface area contributed by atoms with Crippen LogP contribution in [0.15, 0.2) is 30.6 Å². The van der Waals surface area contributed by atoms with Gasteiger partial charge in [-0.1, -0.05) is 0 Å². The third-order valence-corrected chi connectivity index (χ3v) is 2.34. The van der Waals surface area contributed by atoms with Crippen LogP contribution in [0.2, 0.25) is 0 Å². The molecule has 0 atom stereocenters. The van der Waals surface area contributed by atoms with Crippen LogP contribution in [0.5, 0.6) is 0 Å². The van der Waals surface area contributed by atoms with E-state index in [-0.39, 0.29) is 5.82 Å². The first-order valence-electron chi connectivity index (χ1n) is 5.77. The predicted molar refractivity (Wildman–Crippen MR) is 70.6 cm³/mol. The van der Waals surface area contributed by atoms with E-state index >= 15 is 0 Å². The summed E-state index contributed by atoms with van der Waals surface area (Å²) in [6.07, 6.45) is 1.46. The van der Waals surface area contributed by atoms with Crippen LogP contribution in [0.3, 0.4) is 0 Å². The number of rotatable bonds is 4. The Morgan fingerprint density at radius 2 is 1.89 bits per heavy atom. The number of nitrogens with one attached hydrogen (secondary N) is 2. The predicted octanol–water partition coefficient (Wildman–Crippen LogP) is 3.10. The van der Waals surface area contributed by atoms with Crippen molar-refractivity contribution >= 4 is 17.3 Å². The van der Waals surface area contributed by atoms with E-state index in [9.17, 15) is 4.39 Å². The zero-order chi connectivity index (χ0) is 13.0. The van der Waals surface area contributed by atoms with Gasteiger partial charge >= 0.3 is 0 Å². The summed E-state index contributed by atoms with van der Waals surface area (Å²) in [6.45, 7) is 4.62. The maximum absolute atomic E-state index is 13.2. The van der Waals surface area contributed by atoms with Crippen molar-refractivity contribution in [3.8, 4) is 0 Å². The van der Waals surface area contributed by atoms with Gasteiger partial charge in [-0.05, 0) is 37.6 Å². The zero-order valence-corrected chi connectivity index (χ0v) is 10.4. The molecule has 0 aliphatic heterocycles. The molecule has 94 valence electrons. The molecule has 0 saturated heterocycles. The smallest absolute Gasteiger partial charge is 0.135 e. The average molecular weight is 246 g/mol. The zero-order valence-electron chi connectivity index (χ0n) is 10.4. The van der Waals surface area contributed by atoms with E-state index in [0.29, 0.717) is 11.5 Å². The second-order valence-corrected chi connectivity index (χ2v) is 3.96. The molecule has 0 bridgehead atoms. The van der Waals surface area contributed by atoms with E-state index in [1.807, 2.05) is 19.9 Å². The van der Waals surface area contributed by atoms with Crippen LogP contribution < -0.4 is 10.6 Å². The lowest BCUT2D eigenvalue weighted by molar-refractivity contribution is 0.627. The van der Waals surface area contributed by atoms with Crippen LogP contribution in [0.1, 0.15) is 12.5 Å². The van der Waals surface area contributed by atoms with Crippen LogP contribution in [0.25, 0.3) is 0 Å². The molecule has 0 aliphatic carbocycles. The van der Waals surface area contributed by atoms with Crippen molar-refractivity contribution in [1.29, 1.82) is 0 Å². The molecule has 1 aromatic heterocycles. The maximum atomic E-state index is 13.2. The molecule has 0 amide bonds. The lowest BCUT2D eigenvalue weighted by Crippen LogP contribution is -2.01. The van der Waals surface area contributed by atoms with Gasteiger partial charge in [-0.3, -0.25) is 0 Å². The molecular formula is C13H15FN4. The lowest BCUT2D eigenvalue weighted by atomic mass is 10.2. The summed E-state index contributed by atoms with van der Waals surface area (Å²) >= 11 is 0. The Morgan fingerprint density at radius 1 is 1.11 bits per heavy atom. The Morgan fingerprint density at radius 3 is 2.61 bits per heavy atom. The standard InChI is InChI=1S/C13H15FN4/c1-3-15-12-7-13(17-8-16-12)18-11-5-9(2)4-10(14)6-11/h4-8H,3H2,1-2H3,(H2,15,16,17,18). The number of hydrogen-bond acceptors (Lipinski definition) is 4. The minimum absolute atomic E-state index is 0.265. The largest absolute Gasteiger partial charge is 0.370 e. The first-order valence-corrected chi connectivity index (χ1v) is 5.77. The van der Waals surface area contributed by atoms with E-state index in [2.05, 4.69) is 20.6 Å². The molecule has 5 heteroatoms. The Hall–Kier alpha value is -2.17. The van der Waals surface area contributed by atoms with Crippen molar-refractivity contribution in [2.75, 3.05) is 17.2 Å². The van der Waals surface area contributed by atoms with Gasteiger partial charge in [-0.15, -0.1) is 0 Å². The highest BCUT2D eigenvalue weighted by Gasteiger charge is 2.01. The molecule has 2 N–H and O–H groups in total. The number of halogens is 1. The van der Waals surface area contributed by atoms with Crippen LogP contribution in [0, 0.1) is 12.7 Å². The van der Waals surface area contributed by atoms with Crippen molar-refractivity contribution in [2.24, 2.45) is 0 Å². The maximum Gasteiger partial charge on any atom is 0.135 e. The summed E-state index contributed by atoms with van der Waals surface area (Å²) in [6, 6.07) is 6.55. The van der Waals surface area contributed by atoms with Gasteiger partial charge in [0.1, 0.15) is 23.8 Å². The van der Waals surface area contributed by atoms with Crippen LogP contribution in [-0.2, 0) is 0 Å². The minimum Gasteiger partial charge on any atom is -0.370 e. The van der Waals surface area contributed by atoms with E-state index in [1.54, 1.807) is 6.07 Å². The summed E-state index contributed by atoms with van der Waals surface area (Å²) in [5, 5.41) is 6.14. The Labute approximate surface area is 105 Å². The number of aryl methyl sites for hydroxylation is 1. The molecule has 2 aromatic rings. The van der Waals surface area contributed by atoms with Crippen LogP contribution in [-0.4, -0.2) is 16.5 Å². The van der Waals surface area contributed by atoms with Gasteiger partial charge in [-0.25, -0.2) is 14.4 Å². The second-order valence-electron chi connectivity index (χ2n) is 3.96. The highest BCUT2D eigenvalue weighted by atomic mass is 19.1. The van der Waals surface area contributed by atoms with E-state index in [0.717, 1.165) is 17.9 Å². The molecule has 4 nitrogen and oxygen atoms in total. The summed E-state index contributed by atoms with van der Waals surface area (Å²) in [5.74, 6) is 1.10. The fourth-order valence-corrected chi connectivity index (χ4v) is 1.66. The second kappa shape index (κ2) is 5.44. The number of nitrogens with zero attached hydrogens (tertiary/aromatic N) is 2.